The Hall–Kier alpha value is -0.0100. The predicted octanol–water partition coefficient (Wildman–Crippen LogP) is 2.37. The van der Waals surface area contributed by atoms with Gasteiger partial charge in [-0.2, -0.15) is 0 Å². The fourth-order valence-electron chi connectivity index (χ4n) is 0.332. The summed E-state index contributed by atoms with van der Waals surface area (Å²) in [5, 5.41) is 1.96. The normalized spacial score (nSPS) is 9.29. The summed E-state index contributed by atoms with van der Waals surface area (Å²) in [4.78, 5) is 0.988. The highest BCUT2D eigenvalue weighted by atomic mass is 35.5. The molecule has 7 heavy (non-hydrogen) atoms. The fourth-order valence-corrected chi connectivity index (χ4v) is 1.03. The lowest BCUT2D eigenvalue weighted by Crippen LogP contribution is -1.54. The fraction of sp³-hybridized carbons (Fsp3) is 0. The van der Waals surface area contributed by atoms with Gasteiger partial charge in [-0.15, -0.1) is 22.9 Å². The van der Waals surface area contributed by atoms with Gasteiger partial charge in [0.05, 0.1) is 0 Å². The zero-order valence-corrected chi connectivity index (χ0v) is 5.09. The third kappa shape index (κ3) is 1.18. The molecule has 2 heteroatoms. The van der Waals surface area contributed by atoms with Crippen molar-refractivity contribution in [3.63, 3.8) is 0 Å². The zero-order valence-electron chi connectivity index (χ0n) is 3.52. The number of thiophene rings is 1. The Bertz CT molecular complexity index is 123. The Kier molecular flexibility index (Phi) is 1.71. The van der Waals surface area contributed by atoms with Gasteiger partial charge < -0.3 is 0 Å². The molecule has 0 fully saturated rings. The van der Waals surface area contributed by atoms with Crippen molar-refractivity contribution in [1.29, 1.82) is 0 Å². The van der Waals surface area contributed by atoms with Crippen LogP contribution in [0.3, 0.4) is 0 Å². The summed E-state index contributed by atoms with van der Waals surface area (Å²) in [6, 6.07) is 3.85. The van der Waals surface area contributed by atoms with Crippen molar-refractivity contribution >= 4 is 22.9 Å². The molecule has 0 aliphatic carbocycles. The lowest BCUT2D eigenvalue weighted by Gasteiger charge is -1.74. The molecule has 2 radical (unpaired) electrons. The predicted molar refractivity (Wildman–Crippen MR) is 32.5 cm³/mol. The number of hydrogen-bond acceptors (Lipinski definition) is 1. The maximum atomic E-state index is 5.23. The van der Waals surface area contributed by atoms with E-state index in [1.807, 2.05) is 17.5 Å². The molecule has 0 aliphatic heterocycles. The molecular weight excluding hydrogens is 128 g/mol. The quantitative estimate of drug-likeness (QED) is 0.548. The first-order chi connectivity index (χ1) is 3.43. The zero-order chi connectivity index (χ0) is 5.11. The van der Waals surface area contributed by atoms with E-state index in [9.17, 15) is 0 Å². The maximum absolute atomic E-state index is 5.23. The number of rotatable bonds is 1. The molecule has 1 aromatic rings. The Labute approximate surface area is 51.7 Å². The molecule has 0 N–H and O–H groups in total. The van der Waals surface area contributed by atoms with Crippen molar-refractivity contribution in [3.8, 4) is 0 Å². The van der Waals surface area contributed by atoms with E-state index in [0.29, 0.717) is 0 Å². The minimum atomic E-state index is 0.988. The second kappa shape index (κ2) is 2.34. The average molecular weight is 131 g/mol. The van der Waals surface area contributed by atoms with E-state index < -0.39 is 0 Å². The van der Waals surface area contributed by atoms with Gasteiger partial charge in [0.2, 0.25) is 0 Å². The van der Waals surface area contributed by atoms with Crippen LogP contribution >= 0.6 is 22.9 Å². The van der Waals surface area contributed by atoms with Crippen molar-refractivity contribution < 1.29 is 0 Å². The first kappa shape index (κ1) is 5.13. The molecule has 0 aromatic carbocycles. The van der Waals surface area contributed by atoms with Gasteiger partial charge in [0.1, 0.15) is 5.88 Å². The molecule has 0 saturated carbocycles. The molecule has 36 valence electrons. The highest BCUT2D eigenvalue weighted by molar-refractivity contribution is 7.10. The summed E-state index contributed by atoms with van der Waals surface area (Å²) in [6.45, 7) is 0. The summed E-state index contributed by atoms with van der Waals surface area (Å²) in [5.41, 5.74) is 0. The molecule has 1 heterocycles. The van der Waals surface area contributed by atoms with Gasteiger partial charge in [0, 0.05) is 4.88 Å². The Balaban J connectivity index is 2.76. The molecule has 0 amide bonds. The largest absolute Gasteiger partial charge is 0.147 e. The van der Waals surface area contributed by atoms with Crippen LogP contribution < -0.4 is 0 Å². The molecule has 0 bridgehead atoms. The van der Waals surface area contributed by atoms with Crippen molar-refractivity contribution in [2.24, 2.45) is 0 Å². The first-order valence-electron chi connectivity index (χ1n) is 1.83. The second-order valence-electron chi connectivity index (χ2n) is 1.07. The van der Waals surface area contributed by atoms with E-state index in [1.54, 1.807) is 11.3 Å². The standard InChI is InChI=1S/C5H3ClS/c6-4-5-2-1-3-7-5/h1-3H. The van der Waals surface area contributed by atoms with Crippen LogP contribution in [-0.4, -0.2) is 0 Å². The topological polar surface area (TPSA) is 0 Å². The van der Waals surface area contributed by atoms with Gasteiger partial charge in [-0.05, 0) is 11.4 Å². The molecule has 0 unspecified atom stereocenters. The van der Waals surface area contributed by atoms with Crippen LogP contribution in [0.2, 0.25) is 0 Å². The van der Waals surface area contributed by atoms with E-state index in [1.165, 1.54) is 0 Å². The van der Waals surface area contributed by atoms with Crippen LogP contribution in [0.5, 0.6) is 0 Å². The molecule has 0 spiro atoms. The molecule has 0 saturated heterocycles. The minimum Gasteiger partial charge on any atom is -0.147 e. The van der Waals surface area contributed by atoms with E-state index in [0.717, 1.165) is 4.88 Å². The summed E-state index contributed by atoms with van der Waals surface area (Å²) < 4.78 is 0. The summed E-state index contributed by atoms with van der Waals surface area (Å²) in [6.07, 6.45) is 0. The van der Waals surface area contributed by atoms with Gasteiger partial charge in [-0.25, -0.2) is 0 Å². The van der Waals surface area contributed by atoms with E-state index in [-0.39, 0.29) is 0 Å². The lowest BCUT2D eigenvalue weighted by molar-refractivity contribution is 1.84. The highest BCUT2D eigenvalue weighted by Crippen LogP contribution is 2.11. The van der Waals surface area contributed by atoms with Crippen LogP contribution in [0.15, 0.2) is 17.5 Å². The molecule has 0 aliphatic rings. The Morgan fingerprint density at radius 2 is 2.57 bits per heavy atom. The average Bonchev–Trinajstić information content (AvgIpc) is 2.14. The first-order valence-corrected chi connectivity index (χ1v) is 3.09. The van der Waals surface area contributed by atoms with Gasteiger partial charge in [-0.1, -0.05) is 6.07 Å². The summed E-state index contributed by atoms with van der Waals surface area (Å²) in [5.74, 6) is 2.50. The van der Waals surface area contributed by atoms with Crippen molar-refractivity contribution in [1.82, 2.24) is 0 Å². The van der Waals surface area contributed by atoms with E-state index in [4.69, 9.17) is 11.6 Å². The molecule has 0 nitrogen and oxygen atoms in total. The smallest absolute Gasteiger partial charge is 0.131 e. The third-order valence-electron chi connectivity index (χ3n) is 0.614. The summed E-state index contributed by atoms with van der Waals surface area (Å²) in [7, 11) is 0. The maximum Gasteiger partial charge on any atom is 0.131 e. The van der Waals surface area contributed by atoms with Crippen molar-refractivity contribution in [3.05, 3.63) is 28.3 Å². The molecule has 1 aromatic heterocycles. The van der Waals surface area contributed by atoms with Crippen molar-refractivity contribution in [2.75, 3.05) is 0 Å². The van der Waals surface area contributed by atoms with Crippen LogP contribution in [-0.2, 0) is 0 Å². The second-order valence-corrected chi connectivity index (χ2v) is 2.21. The van der Waals surface area contributed by atoms with Crippen LogP contribution in [0, 0.1) is 5.88 Å². The Morgan fingerprint density at radius 3 is 2.86 bits per heavy atom. The number of hydrogen-bond donors (Lipinski definition) is 0. The molecular formula is C5H3ClS. The third-order valence-corrected chi connectivity index (χ3v) is 1.72. The Morgan fingerprint density at radius 1 is 1.71 bits per heavy atom. The molecule has 0 atom stereocenters. The van der Waals surface area contributed by atoms with Crippen molar-refractivity contribution in [2.45, 2.75) is 0 Å². The van der Waals surface area contributed by atoms with Crippen LogP contribution in [0.4, 0.5) is 0 Å². The van der Waals surface area contributed by atoms with Gasteiger partial charge in [-0.3, -0.25) is 0 Å². The number of halogens is 1. The van der Waals surface area contributed by atoms with Crippen LogP contribution in [0.25, 0.3) is 0 Å². The van der Waals surface area contributed by atoms with Gasteiger partial charge in [0.25, 0.3) is 0 Å². The van der Waals surface area contributed by atoms with Crippen LogP contribution in [0.1, 0.15) is 4.88 Å². The minimum absolute atomic E-state index is 0.988. The molecule has 1 rings (SSSR count). The summed E-state index contributed by atoms with van der Waals surface area (Å²) >= 11 is 6.81. The van der Waals surface area contributed by atoms with E-state index in [2.05, 4.69) is 5.88 Å². The highest BCUT2D eigenvalue weighted by Gasteiger charge is 1.86. The lowest BCUT2D eigenvalue weighted by atomic mass is 10.5. The van der Waals surface area contributed by atoms with E-state index >= 15 is 0 Å². The van der Waals surface area contributed by atoms with Gasteiger partial charge in [0.15, 0.2) is 0 Å². The SMILES string of the molecule is Cl[C]c1cccs1. The monoisotopic (exact) mass is 130 g/mol. The van der Waals surface area contributed by atoms with Gasteiger partial charge >= 0.3 is 0 Å².